The standard InChI is InChI=1S/C16H24N4O2S2/c1-11(2)7-16(3,10-17)19-13(21)9-23-8-12-6-14(22)20-4-5-24-15(20)18-12/h4-6,11H,7-10,17H2,1-3H3,(H,19,21). The Kier molecular flexibility index (Phi) is 6.42. The highest BCUT2D eigenvalue weighted by Crippen LogP contribution is 2.16. The maximum Gasteiger partial charge on any atom is 0.258 e. The minimum Gasteiger partial charge on any atom is -0.349 e. The van der Waals surface area contributed by atoms with Crippen LogP contribution in [0, 0.1) is 5.92 Å². The Morgan fingerprint density at radius 1 is 1.54 bits per heavy atom. The van der Waals surface area contributed by atoms with E-state index in [1.165, 1.54) is 33.6 Å². The number of nitrogens with zero attached hydrogens (tertiary/aromatic N) is 2. The monoisotopic (exact) mass is 368 g/mol. The topological polar surface area (TPSA) is 89.5 Å². The molecule has 2 aromatic rings. The Morgan fingerprint density at radius 3 is 2.96 bits per heavy atom. The Labute approximate surface area is 149 Å². The molecule has 3 N–H and O–H groups in total. The van der Waals surface area contributed by atoms with Gasteiger partial charge in [0.15, 0.2) is 4.96 Å². The van der Waals surface area contributed by atoms with Gasteiger partial charge in [0.2, 0.25) is 5.91 Å². The first-order valence-electron chi connectivity index (χ1n) is 7.87. The van der Waals surface area contributed by atoms with Crippen LogP contribution in [-0.4, -0.2) is 33.1 Å². The maximum absolute atomic E-state index is 12.2. The molecule has 2 aromatic heterocycles. The van der Waals surface area contributed by atoms with E-state index in [0.717, 1.165) is 6.42 Å². The zero-order chi connectivity index (χ0) is 17.7. The number of nitrogens with two attached hydrogens (primary N) is 1. The van der Waals surface area contributed by atoms with Gasteiger partial charge in [-0.15, -0.1) is 23.1 Å². The number of carbonyl (C=O) groups excluding carboxylic acids is 1. The van der Waals surface area contributed by atoms with Gasteiger partial charge in [0.1, 0.15) is 0 Å². The van der Waals surface area contributed by atoms with Crippen LogP contribution in [0.1, 0.15) is 32.9 Å². The first-order chi connectivity index (χ1) is 11.3. The quantitative estimate of drug-likeness (QED) is 0.742. The van der Waals surface area contributed by atoms with Gasteiger partial charge in [0.25, 0.3) is 5.56 Å². The van der Waals surface area contributed by atoms with Crippen LogP contribution in [0.15, 0.2) is 22.4 Å². The predicted molar refractivity (Wildman–Crippen MR) is 101 cm³/mol. The summed E-state index contributed by atoms with van der Waals surface area (Å²) >= 11 is 2.87. The summed E-state index contributed by atoms with van der Waals surface area (Å²) in [6.45, 7) is 6.61. The van der Waals surface area contributed by atoms with Crippen LogP contribution in [0.25, 0.3) is 4.96 Å². The Hall–Kier alpha value is -1.38. The molecule has 6 nitrogen and oxygen atoms in total. The van der Waals surface area contributed by atoms with E-state index in [-0.39, 0.29) is 17.0 Å². The van der Waals surface area contributed by atoms with E-state index in [1.54, 1.807) is 6.20 Å². The molecule has 0 fully saturated rings. The molecule has 0 bridgehead atoms. The molecule has 1 amide bonds. The van der Waals surface area contributed by atoms with Crippen LogP contribution in [0.3, 0.4) is 0 Å². The SMILES string of the molecule is CC(C)CC(C)(CN)NC(=O)CSCc1cc(=O)n2ccsc2n1. The van der Waals surface area contributed by atoms with Gasteiger partial charge in [-0.1, -0.05) is 13.8 Å². The first-order valence-corrected chi connectivity index (χ1v) is 9.91. The molecule has 0 saturated heterocycles. The number of carbonyl (C=O) groups is 1. The number of rotatable bonds is 8. The van der Waals surface area contributed by atoms with Crippen LogP contribution in [0.5, 0.6) is 0 Å². The molecule has 132 valence electrons. The number of amides is 1. The second kappa shape index (κ2) is 8.13. The van der Waals surface area contributed by atoms with Crippen molar-refractivity contribution < 1.29 is 4.79 Å². The Balaban J connectivity index is 1.88. The van der Waals surface area contributed by atoms with E-state index in [2.05, 4.69) is 24.1 Å². The van der Waals surface area contributed by atoms with Crippen molar-refractivity contribution in [1.29, 1.82) is 0 Å². The number of aromatic nitrogens is 2. The third kappa shape index (κ3) is 5.06. The van der Waals surface area contributed by atoms with Gasteiger partial charge in [-0.25, -0.2) is 4.98 Å². The number of hydrogen-bond acceptors (Lipinski definition) is 6. The Morgan fingerprint density at radius 2 is 2.29 bits per heavy atom. The van der Waals surface area contributed by atoms with Crippen molar-refractivity contribution in [3.05, 3.63) is 33.7 Å². The smallest absolute Gasteiger partial charge is 0.258 e. The number of hydrogen-bond donors (Lipinski definition) is 2. The largest absolute Gasteiger partial charge is 0.349 e. The highest BCUT2D eigenvalue weighted by atomic mass is 32.2. The third-order valence-corrected chi connectivity index (χ3v) is 5.31. The molecular weight excluding hydrogens is 344 g/mol. The van der Waals surface area contributed by atoms with Crippen molar-refractivity contribution in [1.82, 2.24) is 14.7 Å². The summed E-state index contributed by atoms with van der Waals surface area (Å²) in [6, 6.07) is 1.52. The molecule has 0 saturated carbocycles. The van der Waals surface area contributed by atoms with Crippen molar-refractivity contribution in [2.45, 2.75) is 38.5 Å². The van der Waals surface area contributed by atoms with Crippen LogP contribution >= 0.6 is 23.1 Å². The van der Waals surface area contributed by atoms with Crippen molar-refractivity contribution in [3.63, 3.8) is 0 Å². The van der Waals surface area contributed by atoms with E-state index >= 15 is 0 Å². The first kappa shape index (κ1) is 19.0. The third-order valence-electron chi connectivity index (χ3n) is 3.59. The van der Waals surface area contributed by atoms with Gasteiger partial charge in [0.05, 0.1) is 11.4 Å². The molecule has 0 spiro atoms. The zero-order valence-corrected chi connectivity index (χ0v) is 15.9. The number of nitrogens with one attached hydrogen (secondary N) is 1. The molecule has 1 unspecified atom stereocenters. The molecule has 24 heavy (non-hydrogen) atoms. The molecule has 0 aliphatic heterocycles. The summed E-state index contributed by atoms with van der Waals surface area (Å²) in [5.41, 5.74) is 6.05. The lowest BCUT2D eigenvalue weighted by Crippen LogP contribution is -2.52. The fourth-order valence-electron chi connectivity index (χ4n) is 2.67. The van der Waals surface area contributed by atoms with Crippen molar-refractivity contribution in [2.75, 3.05) is 12.3 Å². The summed E-state index contributed by atoms with van der Waals surface area (Å²) in [5, 5.41) is 4.86. The molecule has 2 heterocycles. The summed E-state index contributed by atoms with van der Waals surface area (Å²) in [4.78, 5) is 29.2. The van der Waals surface area contributed by atoms with Gasteiger partial charge in [-0.05, 0) is 19.3 Å². The lowest BCUT2D eigenvalue weighted by molar-refractivity contribution is -0.120. The summed E-state index contributed by atoms with van der Waals surface area (Å²) in [5.74, 6) is 1.27. The Bertz CT molecular complexity index is 756. The van der Waals surface area contributed by atoms with Gasteiger partial charge in [-0.3, -0.25) is 14.0 Å². The number of thioether (sulfide) groups is 1. The highest BCUT2D eigenvalue weighted by Gasteiger charge is 2.25. The number of thiazole rings is 1. The second-order valence-corrected chi connectivity index (χ2v) is 8.40. The van der Waals surface area contributed by atoms with Crippen molar-refractivity contribution in [3.8, 4) is 0 Å². The zero-order valence-electron chi connectivity index (χ0n) is 14.2. The van der Waals surface area contributed by atoms with E-state index in [4.69, 9.17) is 5.73 Å². The average molecular weight is 369 g/mol. The lowest BCUT2D eigenvalue weighted by Gasteiger charge is -2.31. The summed E-state index contributed by atoms with van der Waals surface area (Å²) in [6.07, 6.45) is 2.55. The fraction of sp³-hybridized carbons (Fsp3) is 0.562. The van der Waals surface area contributed by atoms with Crippen LogP contribution < -0.4 is 16.6 Å². The minimum atomic E-state index is -0.376. The molecule has 0 aliphatic rings. The van der Waals surface area contributed by atoms with Gasteiger partial charge in [0, 0.05) is 35.5 Å². The maximum atomic E-state index is 12.2. The van der Waals surface area contributed by atoms with E-state index in [0.29, 0.717) is 34.6 Å². The van der Waals surface area contributed by atoms with Crippen molar-refractivity contribution in [2.24, 2.45) is 11.7 Å². The normalized spacial score (nSPS) is 14.0. The molecule has 1 atom stereocenters. The lowest BCUT2D eigenvalue weighted by atomic mass is 9.91. The van der Waals surface area contributed by atoms with E-state index in [1.807, 2.05) is 12.3 Å². The molecule has 0 radical (unpaired) electrons. The molecule has 0 aromatic carbocycles. The number of fused-ring (bicyclic) bond motifs is 1. The summed E-state index contributed by atoms with van der Waals surface area (Å²) in [7, 11) is 0. The van der Waals surface area contributed by atoms with Crippen LogP contribution in [-0.2, 0) is 10.5 Å². The average Bonchev–Trinajstić information content (AvgIpc) is 2.95. The van der Waals surface area contributed by atoms with E-state index in [9.17, 15) is 9.59 Å². The molecule has 8 heteroatoms. The van der Waals surface area contributed by atoms with Gasteiger partial charge in [-0.2, -0.15) is 0 Å². The van der Waals surface area contributed by atoms with E-state index < -0.39 is 0 Å². The molecule has 2 rings (SSSR count). The predicted octanol–water partition coefficient (Wildman–Crippen LogP) is 1.87. The highest BCUT2D eigenvalue weighted by molar-refractivity contribution is 7.99. The van der Waals surface area contributed by atoms with Crippen LogP contribution in [0.2, 0.25) is 0 Å². The summed E-state index contributed by atoms with van der Waals surface area (Å²) < 4.78 is 1.52. The fourth-order valence-corrected chi connectivity index (χ4v) is 4.12. The van der Waals surface area contributed by atoms with Gasteiger partial charge < -0.3 is 11.1 Å². The van der Waals surface area contributed by atoms with Crippen molar-refractivity contribution >= 4 is 34.0 Å². The second-order valence-electron chi connectivity index (χ2n) is 6.55. The molecule has 0 aliphatic carbocycles. The molecular formula is C16H24N4O2S2. The van der Waals surface area contributed by atoms with Crippen LogP contribution in [0.4, 0.5) is 0 Å². The van der Waals surface area contributed by atoms with Gasteiger partial charge >= 0.3 is 0 Å². The minimum absolute atomic E-state index is 0.0393.